The Kier molecular flexibility index (Phi) is 4.42. The number of nitrogens with zero attached hydrogens (tertiary/aromatic N) is 2. The number of allylic oxidation sites excluding steroid dienone is 2. The van der Waals surface area contributed by atoms with Crippen LogP contribution in [-0.2, 0) is 0 Å². The Morgan fingerprint density at radius 1 is 1.22 bits per heavy atom. The van der Waals surface area contributed by atoms with Crippen LogP contribution in [0.1, 0.15) is 27.2 Å². The molecule has 4 rings (SSSR count). The highest BCUT2D eigenvalue weighted by Gasteiger charge is 2.25. The van der Waals surface area contributed by atoms with Crippen molar-refractivity contribution in [2.45, 2.75) is 27.2 Å². The van der Waals surface area contributed by atoms with Gasteiger partial charge in [-0.2, -0.15) is 5.10 Å². The summed E-state index contributed by atoms with van der Waals surface area (Å²) in [6.45, 7) is 6.45. The quantitative estimate of drug-likeness (QED) is 0.477. The third-order valence-electron chi connectivity index (χ3n) is 5.40. The zero-order chi connectivity index (χ0) is 19.3. The molecule has 0 saturated heterocycles. The molecule has 140 valence electrons. The summed E-state index contributed by atoms with van der Waals surface area (Å²) in [6, 6.07) is 5.62. The van der Waals surface area contributed by atoms with Crippen molar-refractivity contribution in [3.63, 3.8) is 0 Å². The van der Waals surface area contributed by atoms with Crippen LogP contribution in [0.15, 0.2) is 49.0 Å². The minimum atomic E-state index is -0.535. The van der Waals surface area contributed by atoms with E-state index in [4.69, 9.17) is 0 Å². The Bertz CT molecular complexity index is 1210. The molecule has 0 fully saturated rings. The van der Waals surface area contributed by atoms with Crippen molar-refractivity contribution in [1.29, 1.82) is 0 Å². The second kappa shape index (κ2) is 6.64. The predicted octanol–water partition coefficient (Wildman–Crippen LogP) is 4.01. The van der Waals surface area contributed by atoms with Gasteiger partial charge in [0.05, 0.1) is 5.52 Å². The summed E-state index contributed by atoms with van der Waals surface area (Å²) in [6.07, 6.45) is 4.99. The molecule has 1 aliphatic rings. The zero-order valence-corrected chi connectivity index (χ0v) is 17.0. The first-order valence-electron chi connectivity index (χ1n) is 9.03. The average molecular weight is 429 g/mol. The lowest BCUT2D eigenvalue weighted by Gasteiger charge is -2.29. The molecule has 6 nitrogen and oxygen atoms in total. The van der Waals surface area contributed by atoms with E-state index in [1.165, 1.54) is 5.57 Å². The normalized spacial score (nSPS) is 23.4. The molecule has 0 spiro atoms. The fraction of sp³-hybridized carbons (Fsp3) is 0.350. The highest BCUT2D eigenvalue weighted by Crippen LogP contribution is 2.32. The first-order valence-corrected chi connectivity index (χ1v) is 9.82. The fourth-order valence-electron chi connectivity index (χ4n) is 4.13. The number of hydrogen-bond donors (Lipinski definition) is 2. The van der Waals surface area contributed by atoms with E-state index in [0.717, 1.165) is 26.5 Å². The van der Waals surface area contributed by atoms with Gasteiger partial charge in [0, 0.05) is 27.5 Å². The number of nitrogens with one attached hydrogen (secondary N) is 2. The highest BCUT2D eigenvalue weighted by atomic mass is 79.9. The molecule has 2 aromatic heterocycles. The molecule has 27 heavy (non-hydrogen) atoms. The SMILES string of the molecule is CC1=C[C@H](C)[C@H](/C=N\n2c(=O)[nH]c3c([nH]c4ccc(Br)cc43)c2=O)[C@H](C)C1. The molecule has 0 amide bonds. The fourth-order valence-corrected chi connectivity index (χ4v) is 4.49. The summed E-state index contributed by atoms with van der Waals surface area (Å²) in [5.74, 6) is 0.925. The molecule has 0 radical (unpaired) electrons. The first-order chi connectivity index (χ1) is 12.8. The van der Waals surface area contributed by atoms with E-state index in [2.05, 4.69) is 57.8 Å². The van der Waals surface area contributed by atoms with Gasteiger partial charge in [0.1, 0.15) is 5.52 Å². The molecule has 1 aliphatic carbocycles. The molecular formula is C20H21BrN4O2. The molecule has 3 atom stereocenters. The van der Waals surface area contributed by atoms with Gasteiger partial charge >= 0.3 is 11.2 Å². The number of aromatic nitrogens is 3. The molecular weight excluding hydrogens is 408 g/mol. The summed E-state index contributed by atoms with van der Waals surface area (Å²) >= 11 is 3.42. The number of H-pyrrole nitrogens is 2. The number of fused-ring (bicyclic) bond motifs is 3. The van der Waals surface area contributed by atoms with Crippen LogP contribution in [0, 0.1) is 17.8 Å². The van der Waals surface area contributed by atoms with Gasteiger partial charge in [-0.05, 0) is 43.4 Å². The standard InChI is InChI=1S/C20H21BrN4O2/c1-10-6-11(2)15(12(3)7-10)9-22-25-19(26)18-17(24-20(25)27)14-8-13(21)4-5-16(14)23-18/h4-6,8-9,11-12,15,23H,7H2,1-3H3,(H,24,27)/b22-9-/t11-,12+,15-/m0/s1. The van der Waals surface area contributed by atoms with Gasteiger partial charge in [-0.3, -0.25) is 4.79 Å². The van der Waals surface area contributed by atoms with Gasteiger partial charge in [0.15, 0.2) is 0 Å². The second-order valence-corrected chi connectivity index (χ2v) is 8.42. The van der Waals surface area contributed by atoms with E-state index in [1.54, 1.807) is 6.21 Å². The highest BCUT2D eigenvalue weighted by molar-refractivity contribution is 9.10. The molecule has 2 heterocycles. The van der Waals surface area contributed by atoms with Crippen molar-refractivity contribution in [3.05, 3.63) is 55.2 Å². The lowest BCUT2D eigenvalue weighted by atomic mass is 9.76. The Morgan fingerprint density at radius 3 is 2.74 bits per heavy atom. The molecule has 0 unspecified atom stereocenters. The van der Waals surface area contributed by atoms with Crippen molar-refractivity contribution < 1.29 is 0 Å². The van der Waals surface area contributed by atoms with Crippen LogP contribution in [0.2, 0.25) is 0 Å². The molecule has 0 saturated carbocycles. The van der Waals surface area contributed by atoms with Crippen LogP contribution >= 0.6 is 15.9 Å². The number of rotatable bonds is 2. The van der Waals surface area contributed by atoms with E-state index in [0.29, 0.717) is 22.9 Å². The summed E-state index contributed by atoms with van der Waals surface area (Å²) in [5, 5.41) is 5.06. The maximum Gasteiger partial charge on any atom is 0.350 e. The summed E-state index contributed by atoms with van der Waals surface area (Å²) in [5.41, 5.74) is 2.04. The van der Waals surface area contributed by atoms with Crippen LogP contribution in [-0.4, -0.2) is 20.9 Å². The predicted molar refractivity (Wildman–Crippen MR) is 112 cm³/mol. The van der Waals surface area contributed by atoms with Gasteiger partial charge in [-0.1, -0.05) is 41.4 Å². The zero-order valence-electron chi connectivity index (χ0n) is 15.4. The van der Waals surface area contributed by atoms with Crippen molar-refractivity contribution in [3.8, 4) is 0 Å². The topological polar surface area (TPSA) is 83.0 Å². The third-order valence-corrected chi connectivity index (χ3v) is 5.89. The van der Waals surface area contributed by atoms with Gasteiger partial charge in [0.25, 0.3) is 0 Å². The molecule has 1 aromatic carbocycles. The monoisotopic (exact) mass is 428 g/mol. The smallest absolute Gasteiger partial charge is 0.349 e. The van der Waals surface area contributed by atoms with Crippen LogP contribution in [0.25, 0.3) is 21.9 Å². The number of benzene rings is 1. The molecule has 7 heteroatoms. The van der Waals surface area contributed by atoms with Crippen LogP contribution in [0.3, 0.4) is 0 Å². The summed E-state index contributed by atoms with van der Waals surface area (Å²) < 4.78 is 1.79. The first kappa shape index (κ1) is 18.0. The van der Waals surface area contributed by atoms with E-state index < -0.39 is 11.2 Å². The van der Waals surface area contributed by atoms with E-state index in [9.17, 15) is 9.59 Å². The largest absolute Gasteiger partial charge is 0.350 e. The summed E-state index contributed by atoms with van der Waals surface area (Å²) in [4.78, 5) is 31.3. The minimum Gasteiger partial charge on any atom is -0.349 e. The van der Waals surface area contributed by atoms with Crippen molar-refractivity contribution >= 4 is 44.1 Å². The average Bonchev–Trinajstić information content (AvgIpc) is 2.94. The van der Waals surface area contributed by atoms with Gasteiger partial charge < -0.3 is 9.97 Å². The van der Waals surface area contributed by atoms with Crippen molar-refractivity contribution in [1.82, 2.24) is 14.6 Å². The van der Waals surface area contributed by atoms with Gasteiger partial charge in [-0.15, -0.1) is 4.68 Å². The van der Waals surface area contributed by atoms with Crippen molar-refractivity contribution in [2.75, 3.05) is 0 Å². The van der Waals surface area contributed by atoms with E-state index in [-0.39, 0.29) is 5.92 Å². The number of hydrogen-bond acceptors (Lipinski definition) is 3. The van der Waals surface area contributed by atoms with Gasteiger partial charge in [-0.25, -0.2) is 4.79 Å². The molecule has 3 aromatic rings. The molecule has 0 aliphatic heterocycles. The van der Waals surface area contributed by atoms with E-state index in [1.807, 2.05) is 18.2 Å². The maximum absolute atomic E-state index is 12.9. The number of halogens is 1. The van der Waals surface area contributed by atoms with Crippen LogP contribution < -0.4 is 11.2 Å². The van der Waals surface area contributed by atoms with Crippen LogP contribution in [0.5, 0.6) is 0 Å². The second-order valence-electron chi connectivity index (χ2n) is 7.51. The summed E-state index contributed by atoms with van der Waals surface area (Å²) in [7, 11) is 0. The van der Waals surface area contributed by atoms with E-state index >= 15 is 0 Å². The number of aromatic amines is 2. The minimum absolute atomic E-state index is 0.189. The molecule has 2 N–H and O–H groups in total. The van der Waals surface area contributed by atoms with Crippen LogP contribution in [0.4, 0.5) is 0 Å². The van der Waals surface area contributed by atoms with Gasteiger partial charge in [0.2, 0.25) is 0 Å². The Labute approximate surface area is 164 Å². The lowest BCUT2D eigenvalue weighted by Crippen LogP contribution is -2.33. The maximum atomic E-state index is 12.9. The van der Waals surface area contributed by atoms with Crippen molar-refractivity contribution in [2.24, 2.45) is 22.9 Å². The third kappa shape index (κ3) is 3.10. The Balaban J connectivity index is 1.82. The lowest BCUT2D eigenvalue weighted by molar-refractivity contribution is 0.361. The Morgan fingerprint density at radius 2 is 2.00 bits per heavy atom. The Hall–Kier alpha value is -2.41. The molecule has 0 bridgehead atoms.